The van der Waals surface area contributed by atoms with Gasteiger partial charge in [0.25, 0.3) is 0 Å². The van der Waals surface area contributed by atoms with Crippen molar-refractivity contribution >= 4 is 62.6 Å². The average molecular weight is 402 g/mol. The van der Waals surface area contributed by atoms with Crippen molar-refractivity contribution in [1.82, 2.24) is 10.2 Å². The van der Waals surface area contributed by atoms with E-state index in [1.807, 2.05) is 18.2 Å². The summed E-state index contributed by atoms with van der Waals surface area (Å²) < 4.78 is 6.65. The van der Waals surface area contributed by atoms with Crippen LogP contribution in [0.1, 0.15) is 10.8 Å². The molecule has 3 rings (SSSR count). The van der Waals surface area contributed by atoms with Crippen LogP contribution in [-0.4, -0.2) is 10.2 Å². The zero-order valence-corrected chi connectivity index (χ0v) is 14.3. The normalized spacial score (nSPS) is 11.4. The lowest BCUT2D eigenvalue weighted by molar-refractivity contribution is 0.558. The molecule has 1 aromatic carbocycles. The highest BCUT2D eigenvalue weighted by atomic mass is 79.9. The number of benzene rings is 1. The SMILES string of the molecule is Clc1ccc(-c2nnc(/C=C/c3ccc(Br)s3)o2)cc1Cl. The summed E-state index contributed by atoms with van der Waals surface area (Å²) in [4.78, 5) is 1.09. The van der Waals surface area contributed by atoms with Gasteiger partial charge in [-0.15, -0.1) is 21.5 Å². The summed E-state index contributed by atoms with van der Waals surface area (Å²) in [7, 11) is 0. The zero-order valence-electron chi connectivity index (χ0n) is 10.4. The first-order chi connectivity index (χ1) is 10.1. The molecule has 2 heterocycles. The molecule has 0 saturated heterocycles. The van der Waals surface area contributed by atoms with Crippen LogP contribution in [0.5, 0.6) is 0 Å². The Morgan fingerprint density at radius 1 is 1.05 bits per heavy atom. The van der Waals surface area contributed by atoms with Crippen molar-refractivity contribution in [2.24, 2.45) is 0 Å². The molecule has 21 heavy (non-hydrogen) atoms. The Balaban J connectivity index is 1.82. The van der Waals surface area contributed by atoms with Crippen LogP contribution in [0.4, 0.5) is 0 Å². The molecule has 0 aliphatic heterocycles. The van der Waals surface area contributed by atoms with E-state index in [9.17, 15) is 0 Å². The summed E-state index contributed by atoms with van der Waals surface area (Å²) in [5.41, 5.74) is 0.732. The lowest BCUT2D eigenvalue weighted by Gasteiger charge is -1.97. The molecule has 0 amide bonds. The van der Waals surface area contributed by atoms with Gasteiger partial charge in [-0.3, -0.25) is 0 Å². The van der Waals surface area contributed by atoms with Gasteiger partial charge in [0.1, 0.15) is 0 Å². The number of aromatic nitrogens is 2. The fraction of sp³-hybridized carbons (Fsp3) is 0. The van der Waals surface area contributed by atoms with Crippen molar-refractivity contribution in [3.63, 3.8) is 0 Å². The predicted octanol–water partition coefficient (Wildman–Crippen LogP) is 6.04. The minimum atomic E-state index is 0.403. The first kappa shape index (κ1) is 14.8. The molecule has 0 unspecified atom stereocenters. The molecule has 106 valence electrons. The first-order valence-electron chi connectivity index (χ1n) is 5.84. The molecule has 0 spiro atoms. The van der Waals surface area contributed by atoms with Crippen molar-refractivity contribution in [2.75, 3.05) is 0 Å². The lowest BCUT2D eigenvalue weighted by atomic mass is 10.2. The Bertz CT molecular complexity index is 813. The molecule has 0 saturated carbocycles. The fourth-order valence-electron chi connectivity index (χ4n) is 1.62. The third-order valence-electron chi connectivity index (χ3n) is 2.59. The second-order valence-corrected chi connectivity index (χ2v) is 7.36. The molecule has 0 radical (unpaired) electrons. The maximum atomic E-state index is 5.98. The molecule has 2 aromatic heterocycles. The summed E-state index contributed by atoms with van der Waals surface area (Å²) in [5.74, 6) is 0.834. The maximum absolute atomic E-state index is 5.98. The van der Waals surface area contributed by atoms with E-state index in [2.05, 4.69) is 26.1 Å². The van der Waals surface area contributed by atoms with E-state index in [0.717, 1.165) is 14.2 Å². The van der Waals surface area contributed by atoms with E-state index in [4.69, 9.17) is 27.6 Å². The van der Waals surface area contributed by atoms with E-state index < -0.39 is 0 Å². The number of hydrogen-bond donors (Lipinski definition) is 0. The van der Waals surface area contributed by atoms with Gasteiger partial charge in [-0.1, -0.05) is 23.2 Å². The summed E-state index contributed by atoms with van der Waals surface area (Å²) in [5, 5.41) is 8.92. The molecule has 0 aliphatic carbocycles. The molecule has 0 bridgehead atoms. The summed E-state index contributed by atoms with van der Waals surface area (Å²) >= 11 is 16.9. The molecule has 0 aliphatic rings. The van der Waals surface area contributed by atoms with Crippen LogP contribution in [0.3, 0.4) is 0 Å². The number of halogens is 3. The monoisotopic (exact) mass is 400 g/mol. The molecule has 3 aromatic rings. The van der Waals surface area contributed by atoms with Gasteiger partial charge in [-0.2, -0.15) is 0 Å². The topological polar surface area (TPSA) is 38.9 Å². The maximum Gasteiger partial charge on any atom is 0.248 e. The Morgan fingerprint density at radius 2 is 1.90 bits per heavy atom. The van der Waals surface area contributed by atoms with Gasteiger partial charge in [-0.05, 0) is 52.3 Å². The lowest BCUT2D eigenvalue weighted by Crippen LogP contribution is -1.78. The highest BCUT2D eigenvalue weighted by molar-refractivity contribution is 9.11. The average Bonchev–Trinajstić information content (AvgIpc) is 3.08. The third kappa shape index (κ3) is 3.55. The van der Waals surface area contributed by atoms with Crippen molar-refractivity contribution in [2.45, 2.75) is 0 Å². The van der Waals surface area contributed by atoms with Crippen LogP contribution in [0, 0.1) is 0 Å². The minimum Gasteiger partial charge on any atom is -0.417 e. The van der Waals surface area contributed by atoms with E-state index in [1.165, 1.54) is 0 Å². The van der Waals surface area contributed by atoms with Gasteiger partial charge in [0.05, 0.1) is 13.8 Å². The largest absolute Gasteiger partial charge is 0.417 e. The van der Waals surface area contributed by atoms with Crippen molar-refractivity contribution in [3.8, 4) is 11.5 Å². The summed E-state index contributed by atoms with van der Waals surface area (Å²) in [6.45, 7) is 0. The van der Waals surface area contributed by atoms with Crippen LogP contribution in [0.25, 0.3) is 23.6 Å². The molecule has 0 N–H and O–H groups in total. The second-order valence-electron chi connectivity index (χ2n) is 4.05. The van der Waals surface area contributed by atoms with Crippen molar-refractivity contribution in [3.05, 3.63) is 54.9 Å². The van der Waals surface area contributed by atoms with E-state index in [1.54, 1.807) is 35.6 Å². The van der Waals surface area contributed by atoms with Crippen LogP contribution in [0.2, 0.25) is 10.0 Å². The van der Waals surface area contributed by atoms with Crippen LogP contribution < -0.4 is 0 Å². The van der Waals surface area contributed by atoms with Crippen LogP contribution in [-0.2, 0) is 0 Å². The summed E-state index contributed by atoms with van der Waals surface area (Å²) in [6.07, 6.45) is 3.69. The second kappa shape index (κ2) is 6.32. The van der Waals surface area contributed by atoms with Gasteiger partial charge < -0.3 is 4.42 Å². The Hall–Kier alpha value is -1.14. The van der Waals surface area contributed by atoms with Gasteiger partial charge in [-0.25, -0.2) is 0 Å². The molecular weight excluding hydrogens is 395 g/mol. The van der Waals surface area contributed by atoms with Crippen LogP contribution >= 0.6 is 50.5 Å². The number of rotatable bonds is 3. The highest BCUT2D eigenvalue weighted by Crippen LogP contribution is 2.28. The molecule has 0 atom stereocenters. The molecular formula is C14H7BrCl2N2OS. The zero-order chi connectivity index (χ0) is 14.8. The first-order valence-corrected chi connectivity index (χ1v) is 8.21. The Morgan fingerprint density at radius 3 is 2.62 bits per heavy atom. The standard InChI is InChI=1S/C14H7BrCl2N2OS/c15-12-5-2-9(21-12)3-6-13-18-19-14(20-13)8-1-4-10(16)11(17)7-8/h1-7H/b6-3+. The van der Waals surface area contributed by atoms with Gasteiger partial charge in [0.15, 0.2) is 0 Å². The third-order valence-corrected chi connectivity index (χ3v) is 4.92. The molecule has 3 nitrogen and oxygen atoms in total. The van der Waals surface area contributed by atoms with Gasteiger partial charge in [0, 0.05) is 16.5 Å². The van der Waals surface area contributed by atoms with Crippen LogP contribution in [0.15, 0.2) is 38.5 Å². The van der Waals surface area contributed by atoms with Crippen molar-refractivity contribution in [1.29, 1.82) is 0 Å². The minimum absolute atomic E-state index is 0.403. The Kier molecular flexibility index (Phi) is 4.45. The van der Waals surface area contributed by atoms with E-state index in [0.29, 0.717) is 21.8 Å². The number of hydrogen-bond acceptors (Lipinski definition) is 4. The fourth-order valence-corrected chi connectivity index (χ4v) is 3.24. The molecule has 7 heteroatoms. The molecule has 0 fully saturated rings. The van der Waals surface area contributed by atoms with Gasteiger partial charge in [0.2, 0.25) is 11.8 Å². The van der Waals surface area contributed by atoms with Gasteiger partial charge >= 0.3 is 0 Å². The predicted molar refractivity (Wildman–Crippen MR) is 90.7 cm³/mol. The van der Waals surface area contributed by atoms with E-state index >= 15 is 0 Å². The van der Waals surface area contributed by atoms with Crippen molar-refractivity contribution < 1.29 is 4.42 Å². The Labute approximate surface area is 143 Å². The smallest absolute Gasteiger partial charge is 0.248 e. The van der Waals surface area contributed by atoms with E-state index in [-0.39, 0.29) is 0 Å². The number of nitrogens with zero attached hydrogens (tertiary/aromatic N) is 2. The summed E-state index contributed by atoms with van der Waals surface area (Å²) in [6, 6.07) is 9.16. The highest BCUT2D eigenvalue weighted by Gasteiger charge is 2.08. The number of thiophene rings is 1. The quantitative estimate of drug-likeness (QED) is 0.537.